The number of carbonyl (C=O) groups excluding carboxylic acids is 1. The fourth-order valence-corrected chi connectivity index (χ4v) is 4.39. The number of rotatable bonds is 5. The molecule has 3 rings (SSSR count). The number of halogens is 1. The summed E-state index contributed by atoms with van der Waals surface area (Å²) in [6.07, 6.45) is 6.73. The van der Waals surface area contributed by atoms with Gasteiger partial charge in [-0.05, 0) is 55.5 Å². The quantitative estimate of drug-likeness (QED) is 0.880. The van der Waals surface area contributed by atoms with Crippen LogP contribution < -0.4 is 5.73 Å². The molecular formula is C20H31ClN2O. The minimum absolute atomic E-state index is 0. The van der Waals surface area contributed by atoms with Crippen molar-refractivity contribution in [2.45, 2.75) is 45.4 Å². The van der Waals surface area contributed by atoms with E-state index in [-0.39, 0.29) is 23.7 Å². The number of aryl methyl sites for hydroxylation is 1. The first-order valence-electron chi connectivity index (χ1n) is 9.14. The van der Waals surface area contributed by atoms with Crippen LogP contribution in [0, 0.1) is 17.3 Å². The van der Waals surface area contributed by atoms with Gasteiger partial charge in [0.1, 0.15) is 0 Å². The summed E-state index contributed by atoms with van der Waals surface area (Å²) in [6.45, 7) is 4.86. The lowest BCUT2D eigenvalue weighted by Gasteiger charge is -2.27. The lowest BCUT2D eigenvalue weighted by molar-refractivity contribution is -0.135. The predicted octanol–water partition coefficient (Wildman–Crippen LogP) is 3.65. The summed E-state index contributed by atoms with van der Waals surface area (Å²) in [5, 5.41) is 0. The summed E-state index contributed by atoms with van der Waals surface area (Å²) in [4.78, 5) is 15.0. The fourth-order valence-electron chi connectivity index (χ4n) is 4.39. The lowest BCUT2D eigenvalue weighted by atomic mass is 9.83. The van der Waals surface area contributed by atoms with Crippen molar-refractivity contribution in [1.29, 1.82) is 0 Å². The highest BCUT2D eigenvalue weighted by molar-refractivity contribution is 5.85. The van der Waals surface area contributed by atoms with Crippen LogP contribution >= 0.6 is 12.4 Å². The normalized spacial score (nSPS) is 29.5. The molecule has 1 unspecified atom stereocenters. The number of likely N-dealkylation sites (tertiary alicyclic amines) is 1. The third-order valence-electron chi connectivity index (χ3n) is 6.01. The van der Waals surface area contributed by atoms with Crippen LogP contribution in [-0.2, 0) is 11.2 Å². The second kappa shape index (κ2) is 8.35. The van der Waals surface area contributed by atoms with E-state index in [1.54, 1.807) is 0 Å². The maximum atomic E-state index is 12.8. The first-order chi connectivity index (χ1) is 11.1. The molecule has 0 aromatic heterocycles. The zero-order chi connectivity index (χ0) is 16.3. The van der Waals surface area contributed by atoms with Crippen LogP contribution in [0.15, 0.2) is 30.3 Å². The maximum absolute atomic E-state index is 12.8. The predicted molar refractivity (Wildman–Crippen MR) is 101 cm³/mol. The van der Waals surface area contributed by atoms with E-state index in [0.29, 0.717) is 18.4 Å². The van der Waals surface area contributed by atoms with Gasteiger partial charge in [0.25, 0.3) is 0 Å². The van der Waals surface area contributed by atoms with E-state index in [2.05, 4.69) is 42.2 Å². The SMILES string of the molecule is CC1(CCc2ccccc2)CCN(C(=O)[C@@H]2CCC[C@@H]2CN)C1.Cl. The second-order valence-corrected chi connectivity index (χ2v) is 7.84. The van der Waals surface area contributed by atoms with Crippen LogP contribution in [0.4, 0.5) is 0 Å². The first kappa shape index (κ1) is 19.3. The van der Waals surface area contributed by atoms with Gasteiger partial charge in [-0.1, -0.05) is 43.7 Å². The van der Waals surface area contributed by atoms with Gasteiger partial charge in [-0.2, -0.15) is 0 Å². The molecule has 1 amide bonds. The smallest absolute Gasteiger partial charge is 0.226 e. The molecule has 1 aliphatic carbocycles. The van der Waals surface area contributed by atoms with Crippen LogP contribution in [0.3, 0.4) is 0 Å². The van der Waals surface area contributed by atoms with E-state index < -0.39 is 0 Å². The van der Waals surface area contributed by atoms with Gasteiger partial charge in [0.05, 0.1) is 0 Å². The highest BCUT2D eigenvalue weighted by atomic mass is 35.5. The summed E-state index contributed by atoms with van der Waals surface area (Å²) < 4.78 is 0. The zero-order valence-corrected chi connectivity index (χ0v) is 15.6. The fraction of sp³-hybridized carbons (Fsp3) is 0.650. The van der Waals surface area contributed by atoms with Gasteiger partial charge in [0.2, 0.25) is 5.91 Å². The van der Waals surface area contributed by atoms with E-state index in [4.69, 9.17) is 5.73 Å². The molecule has 1 aliphatic heterocycles. The summed E-state index contributed by atoms with van der Waals surface area (Å²) in [7, 11) is 0. The Kier molecular flexibility index (Phi) is 6.70. The molecule has 3 nitrogen and oxygen atoms in total. The Balaban J connectivity index is 0.00000208. The van der Waals surface area contributed by atoms with Gasteiger partial charge in [0, 0.05) is 19.0 Å². The molecule has 3 atom stereocenters. The molecule has 0 radical (unpaired) electrons. The zero-order valence-electron chi connectivity index (χ0n) is 14.7. The average Bonchev–Trinajstić information content (AvgIpc) is 3.20. The number of carbonyl (C=O) groups is 1. The van der Waals surface area contributed by atoms with Gasteiger partial charge in [-0.15, -0.1) is 12.4 Å². The molecule has 1 aromatic rings. The summed E-state index contributed by atoms with van der Waals surface area (Å²) >= 11 is 0. The van der Waals surface area contributed by atoms with Gasteiger partial charge in [-0.25, -0.2) is 0 Å². The van der Waals surface area contributed by atoms with E-state index >= 15 is 0 Å². The average molecular weight is 351 g/mol. The van der Waals surface area contributed by atoms with Gasteiger partial charge < -0.3 is 10.6 Å². The standard InChI is InChI=1S/C20H30N2O.ClH/c1-20(11-10-16-6-3-2-4-7-16)12-13-22(15-20)19(23)18-9-5-8-17(18)14-21;/h2-4,6-7,17-18H,5,8-15,21H2,1H3;1H/t17-,18-,20?;/m1./s1. The van der Waals surface area contributed by atoms with Crippen LogP contribution in [0.2, 0.25) is 0 Å². The largest absolute Gasteiger partial charge is 0.342 e. The van der Waals surface area contributed by atoms with Gasteiger partial charge in [-0.3, -0.25) is 4.79 Å². The Bertz CT molecular complexity index is 536. The molecule has 1 heterocycles. The van der Waals surface area contributed by atoms with Crippen molar-refractivity contribution in [3.05, 3.63) is 35.9 Å². The molecule has 1 aromatic carbocycles. The number of nitrogens with zero attached hydrogens (tertiary/aromatic N) is 1. The number of hydrogen-bond acceptors (Lipinski definition) is 2. The Labute approximate surface area is 152 Å². The van der Waals surface area contributed by atoms with E-state index in [0.717, 1.165) is 51.6 Å². The molecule has 0 spiro atoms. The van der Waals surface area contributed by atoms with Crippen LogP contribution in [0.1, 0.15) is 44.6 Å². The molecule has 1 saturated heterocycles. The van der Waals surface area contributed by atoms with E-state index in [9.17, 15) is 4.79 Å². The Morgan fingerprint density at radius 2 is 2.04 bits per heavy atom. The third-order valence-corrected chi connectivity index (χ3v) is 6.01. The monoisotopic (exact) mass is 350 g/mol. The second-order valence-electron chi connectivity index (χ2n) is 7.84. The van der Waals surface area contributed by atoms with Crippen molar-refractivity contribution >= 4 is 18.3 Å². The van der Waals surface area contributed by atoms with Crippen molar-refractivity contribution < 1.29 is 4.79 Å². The number of benzene rings is 1. The van der Waals surface area contributed by atoms with Crippen molar-refractivity contribution in [2.24, 2.45) is 23.0 Å². The highest BCUT2D eigenvalue weighted by Gasteiger charge is 2.40. The molecule has 4 heteroatoms. The molecule has 2 fully saturated rings. The molecule has 2 aliphatic rings. The minimum Gasteiger partial charge on any atom is -0.342 e. The third kappa shape index (κ3) is 4.31. The molecule has 2 N–H and O–H groups in total. The van der Waals surface area contributed by atoms with Gasteiger partial charge in [0.15, 0.2) is 0 Å². The molecular weight excluding hydrogens is 320 g/mol. The Morgan fingerprint density at radius 1 is 1.29 bits per heavy atom. The maximum Gasteiger partial charge on any atom is 0.226 e. The van der Waals surface area contributed by atoms with Crippen LogP contribution in [0.5, 0.6) is 0 Å². The number of hydrogen-bond donors (Lipinski definition) is 1. The summed E-state index contributed by atoms with van der Waals surface area (Å²) in [5.74, 6) is 0.983. The van der Waals surface area contributed by atoms with E-state index in [1.165, 1.54) is 5.56 Å². The van der Waals surface area contributed by atoms with Gasteiger partial charge >= 0.3 is 0 Å². The Hall–Kier alpha value is -1.06. The van der Waals surface area contributed by atoms with Crippen LogP contribution in [-0.4, -0.2) is 30.4 Å². The molecule has 134 valence electrons. The van der Waals surface area contributed by atoms with E-state index in [1.807, 2.05) is 0 Å². The first-order valence-corrected chi connectivity index (χ1v) is 9.14. The molecule has 24 heavy (non-hydrogen) atoms. The minimum atomic E-state index is 0. The highest BCUT2D eigenvalue weighted by Crippen LogP contribution is 2.38. The summed E-state index contributed by atoms with van der Waals surface area (Å²) in [6, 6.07) is 10.7. The van der Waals surface area contributed by atoms with Crippen LogP contribution in [0.25, 0.3) is 0 Å². The molecule has 1 saturated carbocycles. The van der Waals surface area contributed by atoms with Crippen molar-refractivity contribution in [3.8, 4) is 0 Å². The lowest BCUT2D eigenvalue weighted by Crippen LogP contribution is -2.38. The summed E-state index contributed by atoms with van der Waals surface area (Å²) in [5.41, 5.74) is 7.52. The van der Waals surface area contributed by atoms with Crippen molar-refractivity contribution in [2.75, 3.05) is 19.6 Å². The Morgan fingerprint density at radius 3 is 2.75 bits per heavy atom. The van der Waals surface area contributed by atoms with Crippen molar-refractivity contribution in [3.63, 3.8) is 0 Å². The number of nitrogens with two attached hydrogens (primary N) is 1. The molecule has 0 bridgehead atoms. The van der Waals surface area contributed by atoms with Crippen molar-refractivity contribution in [1.82, 2.24) is 4.90 Å². The number of amides is 1. The topological polar surface area (TPSA) is 46.3 Å².